The summed E-state index contributed by atoms with van der Waals surface area (Å²) in [5.74, 6) is 0.647. The van der Waals surface area contributed by atoms with E-state index in [1.807, 2.05) is 35.2 Å². The molecule has 3 rings (SSSR count). The topological polar surface area (TPSA) is 23.6 Å². The second-order valence-electron chi connectivity index (χ2n) is 7.40. The first-order valence-corrected chi connectivity index (χ1v) is 9.76. The normalized spacial score (nSPS) is 19.1. The fraction of sp³-hybridized carbons (Fsp3) is 0.435. The summed E-state index contributed by atoms with van der Waals surface area (Å²) >= 11 is 0. The van der Waals surface area contributed by atoms with Crippen molar-refractivity contribution < 1.29 is 4.79 Å². The van der Waals surface area contributed by atoms with Crippen molar-refractivity contribution in [3.63, 3.8) is 0 Å². The van der Waals surface area contributed by atoms with Gasteiger partial charge in [-0.05, 0) is 56.3 Å². The second-order valence-corrected chi connectivity index (χ2v) is 7.40. The van der Waals surface area contributed by atoms with Crippen LogP contribution >= 0.6 is 0 Å². The zero-order valence-electron chi connectivity index (χ0n) is 16.0. The molecular weight excluding hydrogens is 320 g/mol. The molecule has 2 aromatic rings. The number of hydrogen-bond donors (Lipinski definition) is 0. The third-order valence-corrected chi connectivity index (χ3v) is 5.56. The van der Waals surface area contributed by atoms with E-state index in [9.17, 15) is 4.79 Å². The molecule has 1 heterocycles. The fourth-order valence-electron chi connectivity index (χ4n) is 4.12. The number of para-hydroxylation sites is 1. The number of likely N-dealkylation sites (tertiary alicyclic amines) is 1. The Morgan fingerprint density at radius 2 is 1.77 bits per heavy atom. The average molecular weight is 351 g/mol. The van der Waals surface area contributed by atoms with Crippen LogP contribution in [0.3, 0.4) is 0 Å². The molecule has 2 unspecified atom stereocenters. The first-order chi connectivity index (χ1) is 12.6. The highest BCUT2D eigenvalue weighted by atomic mass is 16.2. The predicted octanol–water partition coefficient (Wildman–Crippen LogP) is 4.38. The molecule has 1 aliphatic rings. The van der Waals surface area contributed by atoms with Crippen LogP contribution in [0.15, 0.2) is 60.7 Å². The summed E-state index contributed by atoms with van der Waals surface area (Å²) in [4.78, 5) is 16.9. The lowest BCUT2D eigenvalue weighted by atomic mass is 9.90. The van der Waals surface area contributed by atoms with Gasteiger partial charge in [0, 0.05) is 31.7 Å². The Labute approximate surface area is 157 Å². The number of piperidine rings is 1. The Morgan fingerprint density at radius 3 is 2.42 bits per heavy atom. The SMILES string of the molecule is CC(=O)N(c1ccccc1)C(C)C1CCCN(CCc2ccccc2)C1. The van der Waals surface area contributed by atoms with Crippen LogP contribution in [0.2, 0.25) is 0 Å². The van der Waals surface area contributed by atoms with E-state index in [4.69, 9.17) is 0 Å². The Bertz CT molecular complexity index is 686. The van der Waals surface area contributed by atoms with Crippen LogP contribution in [0.4, 0.5) is 5.69 Å². The molecule has 1 fully saturated rings. The molecule has 0 N–H and O–H groups in total. The smallest absolute Gasteiger partial charge is 0.224 e. The summed E-state index contributed by atoms with van der Waals surface area (Å²) in [5.41, 5.74) is 2.41. The first kappa shape index (κ1) is 18.7. The Kier molecular flexibility index (Phi) is 6.45. The molecule has 1 amide bonds. The van der Waals surface area contributed by atoms with Crippen LogP contribution in [0.1, 0.15) is 32.3 Å². The van der Waals surface area contributed by atoms with Crippen LogP contribution in [-0.4, -0.2) is 36.5 Å². The van der Waals surface area contributed by atoms with E-state index in [2.05, 4.69) is 42.2 Å². The summed E-state index contributed by atoms with van der Waals surface area (Å²) in [5, 5.41) is 0. The molecule has 0 spiro atoms. The molecule has 0 radical (unpaired) electrons. The predicted molar refractivity (Wildman–Crippen MR) is 108 cm³/mol. The van der Waals surface area contributed by atoms with E-state index >= 15 is 0 Å². The minimum absolute atomic E-state index is 0.130. The van der Waals surface area contributed by atoms with Gasteiger partial charge in [0.05, 0.1) is 0 Å². The molecule has 0 aliphatic carbocycles. The molecule has 3 nitrogen and oxygen atoms in total. The van der Waals surface area contributed by atoms with Gasteiger partial charge in [-0.2, -0.15) is 0 Å². The maximum Gasteiger partial charge on any atom is 0.224 e. The monoisotopic (exact) mass is 350 g/mol. The molecule has 138 valence electrons. The molecule has 1 saturated heterocycles. The van der Waals surface area contributed by atoms with Gasteiger partial charge >= 0.3 is 0 Å². The largest absolute Gasteiger partial charge is 0.310 e. The molecule has 2 aromatic carbocycles. The highest BCUT2D eigenvalue weighted by Crippen LogP contribution is 2.27. The third kappa shape index (κ3) is 4.73. The van der Waals surface area contributed by atoms with E-state index in [-0.39, 0.29) is 11.9 Å². The summed E-state index contributed by atoms with van der Waals surface area (Å²) < 4.78 is 0. The van der Waals surface area contributed by atoms with Crippen molar-refractivity contribution in [2.75, 3.05) is 24.5 Å². The van der Waals surface area contributed by atoms with Gasteiger partial charge in [-0.25, -0.2) is 0 Å². The number of rotatable bonds is 6. The van der Waals surface area contributed by atoms with Gasteiger partial charge in [0.15, 0.2) is 0 Å². The lowest BCUT2D eigenvalue weighted by molar-refractivity contribution is -0.117. The van der Waals surface area contributed by atoms with E-state index in [1.165, 1.54) is 24.9 Å². The maximum absolute atomic E-state index is 12.3. The average Bonchev–Trinajstić information content (AvgIpc) is 2.68. The molecule has 0 aromatic heterocycles. The molecule has 26 heavy (non-hydrogen) atoms. The standard InChI is InChI=1S/C23H30N2O/c1-19(25(20(2)26)23-13-7-4-8-14-23)22-12-9-16-24(18-22)17-15-21-10-5-3-6-11-21/h3-8,10-11,13-14,19,22H,9,12,15-18H2,1-2H3. The number of carbonyl (C=O) groups is 1. The van der Waals surface area contributed by atoms with Gasteiger partial charge in [0.25, 0.3) is 0 Å². The maximum atomic E-state index is 12.3. The number of hydrogen-bond acceptors (Lipinski definition) is 2. The summed E-state index contributed by atoms with van der Waals surface area (Å²) in [6.07, 6.45) is 3.50. The van der Waals surface area contributed by atoms with Crippen molar-refractivity contribution in [1.82, 2.24) is 4.90 Å². The quantitative estimate of drug-likeness (QED) is 0.772. The summed E-state index contributed by atoms with van der Waals surface area (Å²) in [6.45, 7) is 7.23. The van der Waals surface area contributed by atoms with Gasteiger partial charge in [-0.3, -0.25) is 4.79 Å². The number of amides is 1. The number of carbonyl (C=O) groups excluding carboxylic acids is 1. The van der Waals surface area contributed by atoms with E-state index in [1.54, 1.807) is 6.92 Å². The van der Waals surface area contributed by atoms with Crippen LogP contribution < -0.4 is 4.90 Å². The van der Waals surface area contributed by atoms with Crippen molar-refractivity contribution in [3.05, 3.63) is 66.2 Å². The minimum atomic E-state index is 0.130. The second kappa shape index (κ2) is 9.00. The number of nitrogens with zero attached hydrogens (tertiary/aromatic N) is 2. The highest BCUT2D eigenvalue weighted by molar-refractivity contribution is 5.92. The van der Waals surface area contributed by atoms with Gasteiger partial charge in [0.1, 0.15) is 0 Å². The van der Waals surface area contributed by atoms with Crippen molar-refractivity contribution in [2.24, 2.45) is 5.92 Å². The van der Waals surface area contributed by atoms with Crippen molar-refractivity contribution >= 4 is 11.6 Å². The Morgan fingerprint density at radius 1 is 1.12 bits per heavy atom. The Balaban J connectivity index is 1.63. The Hall–Kier alpha value is -2.13. The summed E-state index contributed by atoms with van der Waals surface area (Å²) in [7, 11) is 0. The third-order valence-electron chi connectivity index (χ3n) is 5.56. The molecule has 0 bridgehead atoms. The van der Waals surface area contributed by atoms with Crippen molar-refractivity contribution in [1.29, 1.82) is 0 Å². The van der Waals surface area contributed by atoms with E-state index in [0.29, 0.717) is 5.92 Å². The zero-order valence-corrected chi connectivity index (χ0v) is 16.0. The van der Waals surface area contributed by atoms with Gasteiger partial charge in [-0.1, -0.05) is 48.5 Å². The highest BCUT2D eigenvalue weighted by Gasteiger charge is 2.30. The number of anilines is 1. The molecule has 2 atom stereocenters. The molecule has 3 heteroatoms. The van der Waals surface area contributed by atoms with Crippen LogP contribution in [-0.2, 0) is 11.2 Å². The van der Waals surface area contributed by atoms with Crippen LogP contribution in [0, 0.1) is 5.92 Å². The zero-order chi connectivity index (χ0) is 18.4. The minimum Gasteiger partial charge on any atom is -0.310 e. The van der Waals surface area contributed by atoms with E-state index in [0.717, 1.165) is 25.2 Å². The lowest BCUT2D eigenvalue weighted by Crippen LogP contribution is -2.48. The van der Waals surface area contributed by atoms with Gasteiger partial charge in [0.2, 0.25) is 5.91 Å². The summed E-state index contributed by atoms with van der Waals surface area (Å²) in [6, 6.07) is 21.0. The van der Waals surface area contributed by atoms with Gasteiger partial charge < -0.3 is 9.80 Å². The van der Waals surface area contributed by atoms with E-state index < -0.39 is 0 Å². The van der Waals surface area contributed by atoms with Crippen LogP contribution in [0.25, 0.3) is 0 Å². The first-order valence-electron chi connectivity index (χ1n) is 9.76. The van der Waals surface area contributed by atoms with Crippen LogP contribution in [0.5, 0.6) is 0 Å². The van der Waals surface area contributed by atoms with Gasteiger partial charge in [-0.15, -0.1) is 0 Å². The molecular formula is C23H30N2O. The molecule has 0 saturated carbocycles. The molecule has 1 aliphatic heterocycles. The van der Waals surface area contributed by atoms with Crippen molar-refractivity contribution in [3.8, 4) is 0 Å². The number of benzene rings is 2. The van der Waals surface area contributed by atoms with Crippen molar-refractivity contribution in [2.45, 2.75) is 39.2 Å². The lowest BCUT2D eigenvalue weighted by Gasteiger charge is -2.40. The fourth-order valence-corrected chi connectivity index (χ4v) is 4.12.